The summed E-state index contributed by atoms with van der Waals surface area (Å²) in [7, 11) is -1.15. The third-order valence-corrected chi connectivity index (χ3v) is 4.80. The molecule has 0 heterocycles. The number of methoxy groups -OCH3 is 1. The van der Waals surface area contributed by atoms with Crippen molar-refractivity contribution in [2.45, 2.75) is 18.4 Å². The van der Waals surface area contributed by atoms with Gasteiger partial charge in [-0.3, -0.25) is 4.99 Å². The number of benzene rings is 2. The molecule has 5 nitrogen and oxygen atoms in total. The zero-order valence-corrected chi connectivity index (χ0v) is 15.4. The average Bonchev–Trinajstić information content (AvgIpc) is 2.61. The standard InChI is InChI=1S/C19H22N2O3S/c1-5-19(17-10-9-15(23-3)12-18(17)21-2)24-13-14-7-6-8-16(11-14)25(4,20)22/h5-12,20H,2,13H2,1,3-4H3/b19-5+/t25-/m0/s1. The van der Waals surface area contributed by atoms with Gasteiger partial charge in [0.2, 0.25) is 0 Å². The van der Waals surface area contributed by atoms with Crippen molar-refractivity contribution >= 4 is 27.9 Å². The average molecular weight is 358 g/mol. The van der Waals surface area contributed by atoms with Crippen LogP contribution in [0.15, 0.2) is 58.4 Å². The van der Waals surface area contributed by atoms with Crippen LogP contribution in [0.1, 0.15) is 18.1 Å². The van der Waals surface area contributed by atoms with Crippen molar-refractivity contribution in [3.63, 3.8) is 0 Å². The van der Waals surface area contributed by atoms with Crippen LogP contribution in [0.3, 0.4) is 0 Å². The van der Waals surface area contributed by atoms with Crippen LogP contribution < -0.4 is 4.74 Å². The molecule has 0 aromatic heterocycles. The first kappa shape index (κ1) is 18.7. The lowest BCUT2D eigenvalue weighted by molar-refractivity contribution is 0.264. The van der Waals surface area contributed by atoms with Gasteiger partial charge in [0, 0.05) is 22.8 Å². The second-order valence-corrected chi connectivity index (χ2v) is 7.63. The molecule has 2 aromatic carbocycles. The fourth-order valence-electron chi connectivity index (χ4n) is 2.33. The minimum absolute atomic E-state index is 0.297. The lowest BCUT2D eigenvalue weighted by atomic mass is 10.1. The molecule has 2 aromatic rings. The van der Waals surface area contributed by atoms with E-state index in [1.807, 2.05) is 31.2 Å². The molecule has 2 rings (SSSR count). The molecule has 0 saturated carbocycles. The summed E-state index contributed by atoms with van der Waals surface area (Å²) in [5.74, 6) is 1.36. The fourth-order valence-corrected chi connectivity index (χ4v) is 3.05. The number of nitrogens with one attached hydrogen (secondary N) is 1. The van der Waals surface area contributed by atoms with E-state index >= 15 is 0 Å². The van der Waals surface area contributed by atoms with Crippen LogP contribution in [0.4, 0.5) is 5.69 Å². The summed E-state index contributed by atoms with van der Waals surface area (Å²) in [6.45, 7) is 5.78. The Bertz CT molecular complexity index is 903. The molecule has 6 heteroatoms. The van der Waals surface area contributed by atoms with E-state index in [1.54, 1.807) is 31.4 Å². The van der Waals surface area contributed by atoms with E-state index in [0.717, 1.165) is 11.1 Å². The molecule has 0 fully saturated rings. The van der Waals surface area contributed by atoms with Crippen molar-refractivity contribution in [1.29, 1.82) is 4.78 Å². The van der Waals surface area contributed by atoms with Gasteiger partial charge in [0.1, 0.15) is 18.1 Å². The Balaban J connectivity index is 2.23. The van der Waals surface area contributed by atoms with E-state index in [4.69, 9.17) is 14.3 Å². The number of aliphatic imine (C=N–C) groups is 1. The monoisotopic (exact) mass is 358 g/mol. The second-order valence-electron chi connectivity index (χ2n) is 5.47. The van der Waals surface area contributed by atoms with Gasteiger partial charge in [-0.05, 0) is 49.5 Å². The van der Waals surface area contributed by atoms with Crippen molar-refractivity contribution in [3.8, 4) is 5.75 Å². The second kappa shape index (κ2) is 7.98. The van der Waals surface area contributed by atoms with Crippen LogP contribution in [-0.4, -0.2) is 24.3 Å². The Morgan fingerprint density at radius 1 is 1.32 bits per heavy atom. The van der Waals surface area contributed by atoms with E-state index in [1.165, 1.54) is 6.26 Å². The molecule has 0 unspecified atom stereocenters. The summed E-state index contributed by atoms with van der Waals surface area (Å²) in [4.78, 5) is 4.53. The highest BCUT2D eigenvalue weighted by Gasteiger charge is 2.10. The predicted molar refractivity (Wildman–Crippen MR) is 102 cm³/mol. The first-order valence-electron chi connectivity index (χ1n) is 7.66. The van der Waals surface area contributed by atoms with Gasteiger partial charge in [-0.25, -0.2) is 8.99 Å². The first-order chi connectivity index (χ1) is 11.9. The first-order valence-corrected chi connectivity index (χ1v) is 9.62. The van der Waals surface area contributed by atoms with Crippen molar-refractivity contribution in [3.05, 3.63) is 59.7 Å². The summed E-state index contributed by atoms with van der Waals surface area (Å²) < 4.78 is 30.7. The van der Waals surface area contributed by atoms with Gasteiger partial charge in [-0.15, -0.1) is 0 Å². The lowest BCUT2D eigenvalue weighted by Gasteiger charge is -2.14. The number of rotatable bonds is 7. The molecule has 132 valence electrons. The van der Waals surface area contributed by atoms with Crippen molar-refractivity contribution in [2.24, 2.45) is 4.99 Å². The molecule has 1 N–H and O–H groups in total. The summed E-state index contributed by atoms with van der Waals surface area (Å²) >= 11 is 0. The Hall–Kier alpha value is -2.60. The molecule has 0 radical (unpaired) electrons. The van der Waals surface area contributed by atoms with Crippen LogP contribution in [0, 0.1) is 4.78 Å². The van der Waals surface area contributed by atoms with Crippen LogP contribution >= 0.6 is 0 Å². The largest absolute Gasteiger partial charge is 0.497 e. The molecular weight excluding hydrogens is 336 g/mol. The summed E-state index contributed by atoms with van der Waals surface area (Å²) in [5.41, 5.74) is 2.33. The Morgan fingerprint density at radius 3 is 2.68 bits per heavy atom. The van der Waals surface area contributed by atoms with Gasteiger partial charge in [-0.1, -0.05) is 12.1 Å². The Labute approximate surface area is 149 Å². The summed E-state index contributed by atoms with van der Waals surface area (Å²) in [6.07, 6.45) is 3.26. The van der Waals surface area contributed by atoms with Gasteiger partial charge in [0.05, 0.1) is 22.5 Å². The maximum Gasteiger partial charge on any atom is 0.124 e. The maximum atomic E-state index is 11.9. The minimum Gasteiger partial charge on any atom is -0.497 e. The quantitative estimate of drug-likeness (QED) is 0.579. The van der Waals surface area contributed by atoms with E-state index in [0.29, 0.717) is 28.7 Å². The smallest absolute Gasteiger partial charge is 0.124 e. The molecule has 25 heavy (non-hydrogen) atoms. The predicted octanol–water partition coefficient (Wildman–Crippen LogP) is 4.64. The van der Waals surface area contributed by atoms with Crippen LogP contribution in [0.25, 0.3) is 5.76 Å². The molecule has 0 aliphatic heterocycles. The van der Waals surface area contributed by atoms with Crippen molar-refractivity contribution in [1.82, 2.24) is 0 Å². The van der Waals surface area contributed by atoms with E-state index in [-0.39, 0.29) is 0 Å². The van der Waals surface area contributed by atoms with Gasteiger partial charge in [-0.2, -0.15) is 0 Å². The zero-order chi connectivity index (χ0) is 18.4. The van der Waals surface area contributed by atoms with Gasteiger partial charge >= 0.3 is 0 Å². The minimum atomic E-state index is -2.75. The molecule has 0 amide bonds. The summed E-state index contributed by atoms with van der Waals surface area (Å²) in [5, 5.41) is 0. The van der Waals surface area contributed by atoms with E-state index in [2.05, 4.69) is 11.7 Å². The van der Waals surface area contributed by atoms with Crippen molar-refractivity contribution < 1.29 is 13.7 Å². The number of hydrogen-bond acceptors (Lipinski definition) is 5. The highest BCUT2D eigenvalue weighted by molar-refractivity contribution is 7.91. The van der Waals surface area contributed by atoms with Crippen LogP contribution in [-0.2, 0) is 21.1 Å². The topological polar surface area (TPSA) is 71.7 Å². The molecule has 0 bridgehead atoms. The molecule has 1 atom stereocenters. The number of hydrogen-bond donors (Lipinski definition) is 1. The molecule has 0 aliphatic carbocycles. The number of allylic oxidation sites excluding steroid dienone is 1. The fraction of sp³-hybridized carbons (Fsp3) is 0.211. The highest BCUT2D eigenvalue weighted by atomic mass is 32.2. The zero-order valence-electron chi connectivity index (χ0n) is 14.6. The molecule has 0 spiro atoms. The third kappa shape index (κ3) is 4.70. The van der Waals surface area contributed by atoms with E-state index in [9.17, 15) is 4.21 Å². The molecule has 0 aliphatic rings. The summed E-state index contributed by atoms with van der Waals surface area (Å²) in [6, 6.07) is 12.6. The van der Waals surface area contributed by atoms with E-state index < -0.39 is 9.73 Å². The third-order valence-electron chi connectivity index (χ3n) is 3.65. The van der Waals surface area contributed by atoms with Crippen LogP contribution in [0.2, 0.25) is 0 Å². The van der Waals surface area contributed by atoms with Gasteiger partial charge < -0.3 is 9.47 Å². The van der Waals surface area contributed by atoms with Crippen LogP contribution in [0.5, 0.6) is 5.75 Å². The number of nitrogens with zero attached hydrogens (tertiary/aromatic N) is 1. The Kier molecular flexibility index (Phi) is 5.98. The van der Waals surface area contributed by atoms with Gasteiger partial charge in [0.25, 0.3) is 0 Å². The number of ether oxygens (including phenoxy) is 2. The van der Waals surface area contributed by atoms with Crippen molar-refractivity contribution in [2.75, 3.05) is 13.4 Å². The Morgan fingerprint density at radius 2 is 2.08 bits per heavy atom. The normalized spacial score (nSPS) is 13.8. The molecular formula is C19H22N2O3S. The molecule has 0 saturated heterocycles. The van der Waals surface area contributed by atoms with Gasteiger partial charge in [0.15, 0.2) is 0 Å². The lowest BCUT2D eigenvalue weighted by Crippen LogP contribution is -1.98. The maximum absolute atomic E-state index is 11.9. The SMILES string of the molecule is C=Nc1cc(OC)ccc1/C(=C\C)OCc1cccc([S@@](C)(=N)=O)c1. The highest BCUT2D eigenvalue weighted by Crippen LogP contribution is 2.31.